The van der Waals surface area contributed by atoms with Crippen molar-refractivity contribution in [2.45, 2.75) is 32.2 Å². The maximum atomic E-state index is 12.7. The van der Waals surface area contributed by atoms with Crippen LogP contribution in [-0.4, -0.2) is 34.8 Å². The third-order valence-corrected chi connectivity index (χ3v) is 5.44. The van der Waals surface area contributed by atoms with Crippen LogP contribution in [0.1, 0.15) is 30.6 Å². The van der Waals surface area contributed by atoms with E-state index in [2.05, 4.69) is 16.4 Å². The summed E-state index contributed by atoms with van der Waals surface area (Å²) in [6.07, 6.45) is 6.42. The van der Waals surface area contributed by atoms with Crippen LogP contribution in [0.3, 0.4) is 0 Å². The van der Waals surface area contributed by atoms with Crippen LogP contribution in [0.25, 0.3) is 10.9 Å². The standard InChI is InChI=1S/C22H25N3O3/c26-21(10-9-16-13-23-20-8-2-1-7-19(16)20)25-11-3-5-17(15-25)22(27)24-14-18-6-4-12-28-18/h1-2,4,6-8,12-13,17,23H,3,5,9-11,14-15H2,(H,24,27). The Morgan fingerprint density at radius 3 is 2.96 bits per heavy atom. The van der Waals surface area contributed by atoms with Gasteiger partial charge in [-0.2, -0.15) is 0 Å². The zero-order valence-electron chi connectivity index (χ0n) is 15.8. The molecule has 28 heavy (non-hydrogen) atoms. The number of para-hydroxylation sites is 1. The molecule has 4 rings (SSSR count). The Kier molecular flexibility index (Phi) is 5.46. The first kappa shape index (κ1) is 18.3. The van der Waals surface area contributed by atoms with Crippen molar-refractivity contribution in [3.63, 3.8) is 0 Å². The van der Waals surface area contributed by atoms with E-state index in [0.717, 1.165) is 36.2 Å². The van der Waals surface area contributed by atoms with Gasteiger partial charge in [-0.1, -0.05) is 18.2 Å². The molecular formula is C22H25N3O3. The molecular weight excluding hydrogens is 354 g/mol. The third-order valence-electron chi connectivity index (χ3n) is 5.44. The monoisotopic (exact) mass is 379 g/mol. The minimum atomic E-state index is -0.152. The molecule has 146 valence electrons. The second-order valence-corrected chi connectivity index (χ2v) is 7.34. The fraction of sp³-hybridized carbons (Fsp3) is 0.364. The van der Waals surface area contributed by atoms with Gasteiger partial charge in [0.2, 0.25) is 11.8 Å². The second-order valence-electron chi connectivity index (χ2n) is 7.34. The van der Waals surface area contributed by atoms with Crippen molar-refractivity contribution >= 4 is 22.7 Å². The number of piperidine rings is 1. The van der Waals surface area contributed by atoms with Crippen LogP contribution < -0.4 is 5.32 Å². The molecule has 0 saturated carbocycles. The number of aromatic nitrogens is 1. The van der Waals surface area contributed by atoms with Crippen molar-refractivity contribution in [3.05, 3.63) is 60.2 Å². The Bertz CT molecular complexity index is 945. The summed E-state index contributed by atoms with van der Waals surface area (Å²) in [6, 6.07) is 11.8. The topological polar surface area (TPSA) is 78.3 Å². The molecule has 1 aliphatic rings. The predicted molar refractivity (Wildman–Crippen MR) is 106 cm³/mol. The number of aryl methyl sites for hydroxylation is 1. The molecule has 0 radical (unpaired) electrons. The van der Waals surface area contributed by atoms with Crippen LogP contribution in [0.15, 0.2) is 53.3 Å². The number of carbonyl (C=O) groups is 2. The summed E-state index contributed by atoms with van der Waals surface area (Å²) < 4.78 is 5.25. The molecule has 0 bridgehead atoms. The van der Waals surface area contributed by atoms with Gasteiger partial charge in [0.1, 0.15) is 5.76 Å². The molecule has 3 heterocycles. The highest BCUT2D eigenvalue weighted by molar-refractivity contribution is 5.84. The number of hydrogen-bond acceptors (Lipinski definition) is 3. The summed E-state index contributed by atoms with van der Waals surface area (Å²) in [7, 11) is 0. The summed E-state index contributed by atoms with van der Waals surface area (Å²) in [5, 5.41) is 4.08. The average molecular weight is 379 g/mol. The Morgan fingerprint density at radius 2 is 2.11 bits per heavy atom. The highest BCUT2D eigenvalue weighted by Gasteiger charge is 2.28. The van der Waals surface area contributed by atoms with Crippen molar-refractivity contribution in [2.24, 2.45) is 5.92 Å². The molecule has 1 aliphatic heterocycles. The molecule has 1 fully saturated rings. The summed E-state index contributed by atoms with van der Waals surface area (Å²) in [4.78, 5) is 30.3. The second kappa shape index (κ2) is 8.33. The maximum Gasteiger partial charge on any atom is 0.225 e. The number of aromatic amines is 1. The molecule has 1 unspecified atom stereocenters. The molecule has 3 aromatic rings. The van der Waals surface area contributed by atoms with E-state index in [9.17, 15) is 9.59 Å². The number of fused-ring (bicyclic) bond motifs is 1. The van der Waals surface area contributed by atoms with E-state index in [1.165, 1.54) is 5.39 Å². The number of H-pyrrole nitrogens is 1. The first-order valence-corrected chi connectivity index (χ1v) is 9.83. The normalized spacial score (nSPS) is 17.0. The minimum absolute atomic E-state index is 0.00877. The minimum Gasteiger partial charge on any atom is -0.467 e. The van der Waals surface area contributed by atoms with Gasteiger partial charge in [-0.05, 0) is 43.0 Å². The molecule has 2 amide bonds. The number of nitrogens with zero attached hydrogens (tertiary/aromatic N) is 1. The number of carbonyl (C=O) groups excluding carboxylic acids is 2. The summed E-state index contributed by atoms with van der Waals surface area (Å²) in [6.45, 7) is 1.61. The lowest BCUT2D eigenvalue weighted by Gasteiger charge is -2.32. The molecule has 0 spiro atoms. The van der Waals surface area contributed by atoms with E-state index in [4.69, 9.17) is 4.42 Å². The average Bonchev–Trinajstić information content (AvgIpc) is 3.40. The molecule has 0 aliphatic carbocycles. The number of rotatable bonds is 6. The van der Waals surface area contributed by atoms with E-state index in [1.807, 2.05) is 35.4 Å². The number of amides is 2. The van der Waals surface area contributed by atoms with Crippen LogP contribution in [0.4, 0.5) is 0 Å². The maximum absolute atomic E-state index is 12.7. The molecule has 6 heteroatoms. The van der Waals surface area contributed by atoms with Gasteiger partial charge in [0, 0.05) is 36.6 Å². The van der Waals surface area contributed by atoms with Crippen molar-refractivity contribution in [1.29, 1.82) is 0 Å². The highest BCUT2D eigenvalue weighted by atomic mass is 16.3. The van der Waals surface area contributed by atoms with Crippen LogP contribution in [0.5, 0.6) is 0 Å². The quantitative estimate of drug-likeness (QED) is 0.690. The Morgan fingerprint density at radius 1 is 1.21 bits per heavy atom. The molecule has 1 atom stereocenters. The van der Waals surface area contributed by atoms with Gasteiger partial charge in [-0.25, -0.2) is 0 Å². The van der Waals surface area contributed by atoms with Crippen LogP contribution in [0, 0.1) is 5.92 Å². The summed E-state index contributed by atoms with van der Waals surface area (Å²) >= 11 is 0. The van der Waals surface area contributed by atoms with E-state index in [-0.39, 0.29) is 17.7 Å². The van der Waals surface area contributed by atoms with Gasteiger partial charge < -0.3 is 19.6 Å². The van der Waals surface area contributed by atoms with Crippen molar-refractivity contribution < 1.29 is 14.0 Å². The Balaban J connectivity index is 1.29. The largest absolute Gasteiger partial charge is 0.467 e. The number of furan rings is 1. The fourth-order valence-corrected chi connectivity index (χ4v) is 3.89. The highest BCUT2D eigenvalue weighted by Crippen LogP contribution is 2.21. The van der Waals surface area contributed by atoms with Crippen molar-refractivity contribution in [1.82, 2.24) is 15.2 Å². The summed E-state index contributed by atoms with van der Waals surface area (Å²) in [5.74, 6) is 0.691. The molecule has 2 aromatic heterocycles. The van der Waals surface area contributed by atoms with E-state index in [0.29, 0.717) is 25.9 Å². The van der Waals surface area contributed by atoms with Gasteiger partial charge in [0.25, 0.3) is 0 Å². The zero-order chi connectivity index (χ0) is 19.3. The Hall–Kier alpha value is -3.02. The fourth-order valence-electron chi connectivity index (χ4n) is 3.89. The number of benzene rings is 1. The molecule has 1 saturated heterocycles. The van der Waals surface area contributed by atoms with Gasteiger partial charge in [0.05, 0.1) is 18.7 Å². The lowest BCUT2D eigenvalue weighted by atomic mass is 9.96. The van der Waals surface area contributed by atoms with Gasteiger partial charge in [0.15, 0.2) is 0 Å². The lowest BCUT2D eigenvalue weighted by molar-refractivity contribution is -0.135. The smallest absolute Gasteiger partial charge is 0.225 e. The first-order valence-electron chi connectivity index (χ1n) is 9.83. The van der Waals surface area contributed by atoms with Gasteiger partial charge in [-0.15, -0.1) is 0 Å². The third kappa shape index (κ3) is 4.11. The van der Waals surface area contributed by atoms with E-state index >= 15 is 0 Å². The number of likely N-dealkylation sites (tertiary alicyclic amines) is 1. The molecule has 6 nitrogen and oxygen atoms in total. The SMILES string of the molecule is O=C(NCc1ccco1)C1CCCN(C(=O)CCc2c[nH]c3ccccc23)C1. The van der Waals surface area contributed by atoms with Crippen molar-refractivity contribution in [2.75, 3.05) is 13.1 Å². The van der Waals surface area contributed by atoms with Crippen LogP contribution in [-0.2, 0) is 22.6 Å². The Labute approximate surface area is 163 Å². The molecule has 1 aromatic carbocycles. The zero-order valence-corrected chi connectivity index (χ0v) is 15.8. The predicted octanol–water partition coefficient (Wildman–Crippen LogP) is 3.25. The van der Waals surface area contributed by atoms with E-state index in [1.54, 1.807) is 12.3 Å². The van der Waals surface area contributed by atoms with Gasteiger partial charge in [-0.3, -0.25) is 9.59 Å². The van der Waals surface area contributed by atoms with Gasteiger partial charge >= 0.3 is 0 Å². The number of hydrogen-bond donors (Lipinski definition) is 2. The van der Waals surface area contributed by atoms with Crippen LogP contribution in [0.2, 0.25) is 0 Å². The van der Waals surface area contributed by atoms with Crippen LogP contribution >= 0.6 is 0 Å². The number of nitrogens with one attached hydrogen (secondary N) is 2. The first-order chi connectivity index (χ1) is 13.7. The van der Waals surface area contributed by atoms with Crippen molar-refractivity contribution in [3.8, 4) is 0 Å². The molecule has 2 N–H and O–H groups in total. The van der Waals surface area contributed by atoms with E-state index < -0.39 is 0 Å². The lowest BCUT2D eigenvalue weighted by Crippen LogP contribution is -2.45. The summed E-state index contributed by atoms with van der Waals surface area (Å²) in [5.41, 5.74) is 2.25.